The summed E-state index contributed by atoms with van der Waals surface area (Å²) < 4.78 is 14.0. The van der Waals surface area contributed by atoms with Gasteiger partial charge in [-0.05, 0) is 49.2 Å². The van der Waals surface area contributed by atoms with E-state index < -0.39 is 0 Å². The number of piperazine rings is 1. The number of H-pyrrole nitrogens is 1. The number of nitrogens with zero attached hydrogens (tertiary/aromatic N) is 3. The van der Waals surface area contributed by atoms with E-state index in [0.29, 0.717) is 17.9 Å². The van der Waals surface area contributed by atoms with Crippen molar-refractivity contribution >= 4 is 16.7 Å². The summed E-state index contributed by atoms with van der Waals surface area (Å²) in [4.78, 5) is 24.2. The van der Waals surface area contributed by atoms with Crippen molar-refractivity contribution in [2.75, 3.05) is 31.1 Å². The van der Waals surface area contributed by atoms with Crippen LogP contribution in [0.2, 0.25) is 0 Å². The molecule has 1 aromatic heterocycles. The summed E-state index contributed by atoms with van der Waals surface area (Å²) in [6.07, 6.45) is 0. The predicted molar refractivity (Wildman–Crippen MR) is 106 cm³/mol. The van der Waals surface area contributed by atoms with Gasteiger partial charge in [0, 0.05) is 32.7 Å². The van der Waals surface area contributed by atoms with Gasteiger partial charge in [-0.3, -0.25) is 9.69 Å². The van der Waals surface area contributed by atoms with E-state index in [0.717, 1.165) is 48.3 Å². The van der Waals surface area contributed by atoms with Crippen molar-refractivity contribution < 1.29 is 4.39 Å². The molecule has 5 nitrogen and oxygen atoms in total. The van der Waals surface area contributed by atoms with Gasteiger partial charge in [-0.1, -0.05) is 12.1 Å². The van der Waals surface area contributed by atoms with Gasteiger partial charge < -0.3 is 9.88 Å². The van der Waals surface area contributed by atoms with E-state index in [2.05, 4.69) is 19.8 Å². The highest BCUT2D eigenvalue weighted by Crippen LogP contribution is 2.21. The monoisotopic (exact) mass is 366 g/mol. The van der Waals surface area contributed by atoms with Crippen molar-refractivity contribution in [3.05, 3.63) is 69.4 Å². The Labute approximate surface area is 157 Å². The average molecular weight is 366 g/mol. The summed E-state index contributed by atoms with van der Waals surface area (Å²) in [6, 6.07) is 10.8. The van der Waals surface area contributed by atoms with Crippen LogP contribution in [0.3, 0.4) is 0 Å². The first-order valence-corrected chi connectivity index (χ1v) is 9.23. The smallest absolute Gasteiger partial charge is 0.271 e. The SMILES string of the molecule is Cc1cc2nc(CN3CCN(c4ccccc4F)CC3)c(=O)[nH]c2cc1C. The van der Waals surface area contributed by atoms with Crippen LogP contribution in [0.25, 0.3) is 11.0 Å². The molecule has 2 heterocycles. The van der Waals surface area contributed by atoms with Crippen LogP contribution >= 0.6 is 0 Å². The molecule has 1 saturated heterocycles. The Hall–Kier alpha value is -2.73. The molecule has 0 unspecified atom stereocenters. The molecule has 4 rings (SSSR count). The van der Waals surface area contributed by atoms with Gasteiger partial charge in [-0.2, -0.15) is 0 Å². The number of rotatable bonds is 3. The molecule has 1 aliphatic rings. The highest BCUT2D eigenvalue weighted by atomic mass is 19.1. The number of aromatic amines is 1. The van der Waals surface area contributed by atoms with Gasteiger partial charge in [0.2, 0.25) is 0 Å². The van der Waals surface area contributed by atoms with Gasteiger partial charge in [0.15, 0.2) is 0 Å². The molecule has 1 fully saturated rings. The minimum absolute atomic E-state index is 0.137. The number of nitrogens with one attached hydrogen (secondary N) is 1. The van der Waals surface area contributed by atoms with Crippen LogP contribution in [0.1, 0.15) is 16.8 Å². The second kappa shape index (κ2) is 7.12. The maximum absolute atomic E-state index is 14.0. The van der Waals surface area contributed by atoms with Crippen LogP contribution in [0.4, 0.5) is 10.1 Å². The first-order valence-electron chi connectivity index (χ1n) is 9.23. The minimum Gasteiger partial charge on any atom is -0.367 e. The minimum atomic E-state index is -0.191. The largest absolute Gasteiger partial charge is 0.367 e. The number of benzene rings is 2. The van der Waals surface area contributed by atoms with E-state index in [1.165, 1.54) is 6.07 Å². The second-order valence-corrected chi connectivity index (χ2v) is 7.18. The standard InChI is InChI=1S/C21H23FN4O/c1-14-11-17-18(12-15(14)2)24-21(27)19(23-17)13-25-7-9-26(10-8-25)20-6-4-3-5-16(20)22/h3-6,11-12H,7-10,13H2,1-2H3,(H,24,27). The summed E-state index contributed by atoms with van der Waals surface area (Å²) in [5.41, 5.74) is 4.93. The number of hydrogen-bond donors (Lipinski definition) is 1. The molecule has 0 bridgehead atoms. The first-order chi connectivity index (χ1) is 13.0. The zero-order valence-corrected chi connectivity index (χ0v) is 15.6. The Kier molecular flexibility index (Phi) is 4.66. The van der Waals surface area contributed by atoms with Crippen molar-refractivity contribution in [1.82, 2.24) is 14.9 Å². The molecule has 0 atom stereocenters. The summed E-state index contributed by atoms with van der Waals surface area (Å²) in [6.45, 7) is 7.55. The first kappa shape index (κ1) is 17.7. The van der Waals surface area contributed by atoms with Gasteiger partial charge >= 0.3 is 0 Å². The lowest BCUT2D eigenvalue weighted by atomic mass is 10.1. The van der Waals surface area contributed by atoms with Crippen LogP contribution in [-0.4, -0.2) is 41.0 Å². The van der Waals surface area contributed by atoms with E-state index in [9.17, 15) is 9.18 Å². The molecule has 0 aliphatic carbocycles. The van der Waals surface area contributed by atoms with Crippen molar-refractivity contribution in [3.63, 3.8) is 0 Å². The summed E-state index contributed by atoms with van der Waals surface area (Å²) >= 11 is 0. The molecule has 1 N–H and O–H groups in total. The molecule has 0 radical (unpaired) electrons. The molecule has 6 heteroatoms. The van der Waals surface area contributed by atoms with Crippen molar-refractivity contribution in [2.24, 2.45) is 0 Å². The second-order valence-electron chi connectivity index (χ2n) is 7.18. The van der Waals surface area contributed by atoms with Gasteiger partial charge in [-0.25, -0.2) is 9.37 Å². The zero-order chi connectivity index (χ0) is 19.0. The lowest BCUT2D eigenvalue weighted by molar-refractivity contribution is 0.245. The summed E-state index contributed by atoms with van der Waals surface area (Å²) in [5.74, 6) is -0.191. The van der Waals surface area contributed by atoms with Gasteiger partial charge in [0.25, 0.3) is 5.56 Å². The van der Waals surface area contributed by atoms with E-state index in [-0.39, 0.29) is 11.4 Å². The predicted octanol–water partition coefficient (Wildman–Crippen LogP) is 3.00. The Morgan fingerprint density at radius 2 is 1.78 bits per heavy atom. The highest BCUT2D eigenvalue weighted by Gasteiger charge is 2.20. The Bertz CT molecular complexity index is 1040. The number of aromatic nitrogens is 2. The van der Waals surface area contributed by atoms with Crippen LogP contribution in [0.15, 0.2) is 41.2 Å². The number of fused-ring (bicyclic) bond motifs is 1. The third kappa shape index (κ3) is 3.57. The van der Waals surface area contributed by atoms with Crippen molar-refractivity contribution in [1.29, 1.82) is 0 Å². The normalized spacial score (nSPS) is 15.4. The maximum atomic E-state index is 14.0. The Morgan fingerprint density at radius 1 is 1.07 bits per heavy atom. The fourth-order valence-corrected chi connectivity index (χ4v) is 3.56. The quantitative estimate of drug-likeness (QED) is 0.774. The van der Waals surface area contributed by atoms with Gasteiger partial charge in [-0.15, -0.1) is 0 Å². The molecule has 0 amide bonds. The van der Waals surface area contributed by atoms with Crippen LogP contribution in [0.5, 0.6) is 0 Å². The van der Waals surface area contributed by atoms with Crippen LogP contribution in [0, 0.1) is 19.7 Å². The average Bonchev–Trinajstić information content (AvgIpc) is 2.65. The Morgan fingerprint density at radius 3 is 2.52 bits per heavy atom. The van der Waals surface area contributed by atoms with E-state index in [1.807, 2.05) is 38.1 Å². The third-order valence-electron chi connectivity index (χ3n) is 5.32. The topological polar surface area (TPSA) is 52.2 Å². The number of hydrogen-bond acceptors (Lipinski definition) is 4. The van der Waals surface area contributed by atoms with Crippen LogP contribution in [-0.2, 0) is 6.54 Å². The zero-order valence-electron chi connectivity index (χ0n) is 15.6. The molecular weight excluding hydrogens is 343 g/mol. The molecule has 0 saturated carbocycles. The molecule has 3 aromatic rings. The molecule has 2 aromatic carbocycles. The Balaban J connectivity index is 1.49. The fourth-order valence-electron chi connectivity index (χ4n) is 3.56. The van der Waals surface area contributed by atoms with Crippen molar-refractivity contribution in [2.45, 2.75) is 20.4 Å². The molecule has 140 valence electrons. The van der Waals surface area contributed by atoms with Gasteiger partial charge in [0.1, 0.15) is 11.5 Å². The summed E-state index contributed by atoms with van der Waals surface area (Å²) in [7, 11) is 0. The van der Waals surface area contributed by atoms with E-state index in [1.54, 1.807) is 6.07 Å². The third-order valence-corrected chi connectivity index (χ3v) is 5.32. The molecular formula is C21H23FN4O. The number of anilines is 1. The number of halogens is 1. The molecule has 27 heavy (non-hydrogen) atoms. The van der Waals surface area contributed by atoms with E-state index >= 15 is 0 Å². The highest BCUT2D eigenvalue weighted by molar-refractivity contribution is 5.76. The molecule has 1 aliphatic heterocycles. The summed E-state index contributed by atoms with van der Waals surface area (Å²) in [5, 5.41) is 0. The van der Waals surface area contributed by atoms with Crippen molar-refractivity contribution in [3.8, 4) is 0 Å². The van der Waals surface area contributed by atoms with Crippen LogP contribution < -0.4 is 10.5 Å². The number of para-hydroxylation sites is 1. The molecule has 0 spiro atoms. The maximum Gasteiger partial charge on any atom is 0.271 e. The fraction of sp³-hybridized carbons (Fsp3) is 0.333. The van der Waals surface area contributed by atoms with Gasteiger partial charge in [0.05, 0.1) is 16.7 Å². The van der Waals surface area contributed by atoms with E-state index in [4.69, 9.17) is 0 Å². The lowest BCUT2D eigenvalue weighted by Gasteiger charge is -2.35. The number of aryl methyl sites for hydroxylation is 2. The lowest BCUT2D eigenvalue weighted by Crippen LogP contribution is -2.46.